The molecule has 0 spiro atoms. The van der Waals surface area contributed by atoms with E-state index in [2.05, 4.69) is 0 Å². The molecule has 0 aromatic carbocycles. The molecule has 0 amide bonds. The van der Waals surface area contributed by atoms with Crippen molar-refractivity contribution in [3.8, 4) is 0 Å². The molecule has 0 rings (SSSR count). The predicted octanol–water partition coefficient (Wildman–Crippen LogP) is -0.361. The van der Waals surface area contributed by atoms with E-state index >= 15 is 0 Å². The minimum Gasteiger partial charge on any atom is -2.00 e. The van der Waals surface area contributed by atoms with Gasteiger partial charge in [0.15, 0.2) is 0 Å². The maximum Gasteiger partial charge on any atom is 4.00 e. The molecule has 0 saturated carbocycles. The summed E-state index contributed by atoms with van der Waals surface area (Å²) in [6.07, 6.45) is 0. The molecule has 5 heavy (non-hydrogen) atoms. The SMILES string of the molecule is [Mn+4].[O-2].[O-2].[O-2].[Zn+2]. The van der Waals surface area contributed by atoms with Gasteiger partial charge >= 0.3 is 36.5 Å². The van der Waals surface area contributed by atoms with Crippen LogP contribution in [0.5, 0.6) is 0 Å². The molecule has 0 heterocycles. The van der Waals surface area contributed by atoms with Gasteiger partial charge in [0.1, 0.15) is 0 Å². The van der Waals surface area contributed by atoms with E-state index in [1.54, 1.807) is 0 Å². The summed E-state index contributed by atoms with van der Waals surface area (Å²) in [7, 11) is 0. The van der Waals surface area contributed by atoms with Gasteiger partial charge in [-0.3, -0.25) is 0 Å². The maximum atomic E-state index is 0. The molecule has 0 aliphatic rings. The largest absolute Gasteiger partial charge is 4.00 e. The molecular weight excluding hydrogens is 168 g/mol. The summed E-state index contributed by atoms with van der Waals surface area (Å²) in [5, 5.41) is 0. The normalized spacial score (nSPS) is 0. The van der Waals surface area contributed by atoms with Gasteiger partial charge < -0.3 is 16.4 Å². The van der Waals surface area contributed by atoms with Crippen molar-refractivity contribution < 1.29 is 53.0 Å². The predicted molar refractivity (Wildman–Crippen MR) is 2.06 cm³/mol. The maximum absolute atomic E-state index is 0. The van der Waals surface area contributed by atoms with Crippen LogP contribution in [0.1, 0.15) is 0 Å². The van der Waals surface area contributed by atoms with E-state index in [4.69, 9.17) is 0 Å². The second kappa shape index (κ2) is 77.7. The Morgan fingerprint density at radius 2 is 0.600 bits per heavy atom. The Bertz CT molecular complexity index is 6.85. The van der Waals surface area contributed by atoms with Crippen LogP contribution in [0.15, 0.2) is 0 Å². The molecule has 0 N–H and O–H groups in total. The average molecular weight is 168 g/mol. The second-order valence-electron chi connectivity index (χ2n) is 0. The van der Waals surface area contributed by atoms with Crippen molar-refractivity contribution in [2.75, 3.05) is 0 Å². The first-order valence-corrected chi connectivity index (χ1v) is 0. The van der Waals surface area contributed by atoms with Gasteiger partial charge in [0.05, 0.1) is 0 Å². The molecule has 0 saturated heterocycles. The summed E-state index contributed by atoms with van der Waals surface area (Å²) in [5.74, 6) is 0. The van der Waals surface area contributed by atoms with Crippen LogP contribution in [-0.2, 0) is 53.0 Å². The first-order chi connectivity index (χ1) is 0. The summed E-state index contributed by atoms with van der Waals surface area (Å²) >= 11 is 0. The van der Waals surface area contributed by atoms with E-state index in [0.29, 0.717) is 0 Å². The second-order valence-corrected chi connectivity index (χ2v) is 0. The molecule has 3 nitrogen and oxygen atoms in total. The Morgan fingerprint density at radius 1 is 0.600 bits per heavy atom. The van der Waals surface area contributed by atoms with Crippen molar-refractivity contribution in [2.24, 2.45) is 0 Å². The van der Waals surface area contributed by atoms with Crippen LogP contribution in [0.25, 0.3) is 0 Å². The molecule has 0 aliphatic carbocycles. The third-order valence-electron chi connectivity index (χ3n) is 0. The fourth-order valence-corrected chi connectivity index (χ4v) is 0. The van der Waals surface area contributed by atoms with Crippen molar-refractivity contribution in [3.05, 3.63) is 0 Å². The van der Waals surface area contributed by atoms with E-state index < -0.39 is 0 Å². The molecule has 0 unspecified atom stereocenters. The molecular formula is MnO3Zn. The smallest absolute Gasteiger partial charge is 2.00 e. The molecule has 0 atom stereocenters. The van der Waals surface area contributed by atoms with Crippen LogP contribution < -0.4 is 0 Å². The fraction of sp³-hybridized carbons (Fsp3) is 0. The molecule has 5 heteroatoms. The average Bonchev–Trinajstić information content (AvgIpc) is 0. The van der Waals surface area contributed by atoms with Gasteiger partial charge in [0, 0.05) is 0 Å². The van der Waals surface area contributed by atoms with Crippen molar-refractivity contribution in [3.63, 3.8) is 0 Å². The van der Waals surface area contributed by atoms with Gasteiger partial charge in [0.2, 0.25) is 0 Å². The van der Waals surface area contributed by atoms with Crippen molar-refractivity contribution in [1.82, 2.24) is 0 Å². The van der Waals surface area contributed by atoms with Gasteiger partial charge in [-0.2, -0.15) is 0 Å². The quantitative estimate of drug-likeness (QED) is 0.442. The van der Waals surface area contributed by atoms with Gasteiger partial charge in [-0.05, 0) is 0 Å². The Balaban J connectivity index is 0. The van der Waals surface area contributed by atoms with Gasteiger partial charge in [-0.15, -0.1) is 0 Å². The number of hydrogen-bond acceptors (Lipinski definition) is 0. The summed E-state index contributed by atoms with van der Waals surface area (Å²) in [5.41, 5.74) is 0. The molecule has 27 valence electrons. The van der Waals surface area contributed by atoms with Crippen molar-refractivity contribution in [1.29, 1.82) is 0 Å². The van der Waals surface area contributed by atoms with Crippen LogP contribution >= 0.6 is 0 Å². The zero-order valence-corrected chi connectivity index (χ0v) is 6.46. The van der Waals surface area contributed by atoms with Crippen LogP contribution in [-0.4, -0.2) is 0 Å². The van der Waals surface area contributed by atoms with Crippen molar-refractivity contribution in [2.45, 2.75) is 0 Å². The van der Waals surface area contributed by atoms with Crippen LogP contribution in [0.3, 0.4) is 0 Å². The van der Waals surface area contributed by atoms with Crippen LogP contribution in [0.4, 0.5) is 0 Å². The van der Waals surface area contributed by atoms with Crippen LogP contribution in [0, 0.1) is 0 Å². The number of rotatable bonds is 0. The minimum atomic E-state index is 0. The Hall–Kier alpha value is 1.02. The third kappa shape index (κ3) is 43.9. The zero-order valence-electron chi connectivity index (χ0n) is 2.31. The summed E-state index contributed by atoms with van der Waals surface area (Å²) in [4.78, 5) is 0. The van der Waals surface area contributed by atoms with Crippen molar-refractivity contribution >= 4 is 0 Å². The van der Waals surface area contributed by atoms with E-state index in [1.165, 1.54) is 0 Å². The molecule has 0 fully saturated rings. The van der Waals surface area contributed by atoms with E-state index in [0.717, 1.165) is 0 Å². The van der Waals surface area contributed by atoms with Crippen LogP contribution in [0.2, 0.25) is 0 Å². The Morgan fingerprint density at radius 3 is 0.600 bits per heavy atom. The first kappa shape index (κ1) is 145. The first-order valence-electron chi connectivity index (χ1n) is 0. The molecule has 0 aromatic heterocycles. The van der Waals surface area contributed by atoms with E-state index in [-0.39, 0.29) is 53.0 Å². The van der Waals surface area contributed by atoms with Gasteiger partial charge in [-0.25, -0.2) is 0 Å². The Kier molecular flexibility index (Phi) is 2260. The summed E-state index contributed by atoms with van der Waals surface area (Å²) < 4.78 is 0. The van der Waals surface area contributed by atoms with Gasteiger partial charge in [-0.1, -0.05) is 0 Å². The summed E-state index contributed by atoms with van der Waals surface area (Å²) in [6.45, 7) is 0. The zero-order chi connectivity index (χ0) is 0. The van der Waals surface area contributed by atoms with E-state index in [1.807, 2.05) is 0 Å². The monoisotopic (exact) mass is 167 g/mol. The fourth-order valence-electron chi connectivity index (χ4n) is 0. The minimum absolute atomic E-state index is 0. The third-order valence-corrected chi connectivity index (χ3v) is 0. The topological polar surface area (TPSA) is 85.5 Å². The van der Waals surface area contributed by atoms with E-state index in [9.17, 15) is 0 Å². The standard InChI is InChI=1S/Mn.3O.Zn/q+4;3*-2;+2. The molecule has 0 bridgehead atoms. The molecule has 1 radical (unpaired) electrons. The summed E-state index contributed by atoms with van der Waals surface area (Å²) in [6, 6.07) is 0. The number of hydrogen-bond donors (Lipinski definition) is 0. The van der Waals surface area contributed by atoms with Gasteiger partial charge in [0.25, 0.3) is 0 Å². The molecule has 0 aromatic rings. The Labute approximate surface area is 53.3 Å². The molecule has 0 aliphatic heterocycles.